The van der Waals surface area contributed by atoms with Gasteiger partial charge in [0.25, 0.3) is 0 Å². The van der Waals surface area contributed by atoms with Crippen LogP contribution in [0.1, 0.15) is 17.2 Å². The van der Waals surface area contributed by atoms with E-state index in [4.69, 9.17) is 5.73 Å². The molecule has 0 heterocycles. The van der Waals surface area contributed by atoms with Crippen molar-refractivity contribution in [2.75, 3.05) is 13.6 Å². The summed E-state index contributed by atoms with van der Waals surface area (Å²) in [5.41, 5.74) is 8.15. The van der Waals surface area contributed by atoms with Gasteiger partial charge in [0, 0.05) is 12.6 Å². The van der Waals surface area contributed by atoms with Gasteiger partial charge in [-0.2, -0.15) is 0 Å². The number of nitrogens with one attached hydrogen (secondary N) is 1. The Balaban J connectivity index is 2.85. The zero-order valence-electron chi connectivity index (χ0n) is 7.67. The van der Waals surface area contributed by atoms with Crippen molar-refractivity contribution in [2.45, 2.75) is 13.0 Å². The zero-order valence-corrected chi connectivity index (χ0v) is 7.67. The van der Waals surface area contributed by atoms with Crippen molar-refractivity contribution in [3.05, 3.63) is 35.4 Å². The SMILES string of the molecule is CN[C@H](CN)c1cccc(C)c1. The second kappa shape index (κ2) is 4.24. The van der Waals surface area contributed by atoms with E-state index in [-0.39, 0.29) is 6.04 Å². The second-order valence-electron chi connectivity index (χ2n) is 2.99. The smallest absolute Gasteiger partial charge is 0.0442 e. The highest BCUT2D eigenvalue weighted by molar-refractivity contribution is 5.25. The predicted octanol–water partition coefficient (Wildman–Crippen LogP) is 1.21. The highest BCUT2D eigenvalue weighted by atomic mass is 14.9. The Morgan fingerprint density at radius 2 is 2.25 bits per heavy atom. The average Bonchev–Trinajstić information content (AvgIpc) is 2.07. The van der Waals surface area contributed by atoms with Gasteiger partial charge in [0.05, 0.1) is 0 Å². The number of benzene rings is 1. The maximum Gasteiger partial charge on any atom is 0.0442 e. The van der Waals surface area contributed by atoms with E-state index in [1.165, 1.54) is 11.1 Å². The Morgan fingerprint density at radius 3 is 2.75 bits per heavy atom. The van der Waals surface area contributed by atoms with Crippen LogP contribution in [0.3, 0.4) is 0 Å². The van der Waals surface area contributed by atoms with Gasteiger partial charge in [-0.05, 0) is 19.5 Å². The van der Waals surface area contributed by atoms with Gasteiger partial charge in [0.15, 0.2) is 0 Å². The molecule has 1 aromatic rings. The van der Waals surface area contributed by atoms with Crippen molar-refractivity contribution < 1.29 is 0 Å². The minimum Gasteiger partial charge on any atom is -0.329 e. The first-order valence-corrected chi connectivity index (χ1v) is 4.22. The number of hydrogen-bond donors (Lipinski definition) is 2. The van der Waals surface area contributed by atoms with E-state index in [0.29, 0.717) is 6.54 Å². The fraction of sp³-hybridized carbons (Fsp3) is 0.400. The zero-order chi connectivity index (χ0) is 8.97. The summed E-state index contributed by atoms with van der Waals surface area (Å²) in [6.07, 6.45) is 0. The van der Waals surface area contributed by atoms with Crippen molar-refractivity contribution in [1.82, 2.24) is 5.32 Å². The molecule has 66 valence electrons. The number of hydrogen-bond acceptors (Lipinski definition) is 2. The lowest BCUT2D eigenvalue weighted by atomic mass is 10.1. The third kappa shape index (κ3) is 2.06. The van der Waals surface area contributed by atoms with Crippen LogP contribution < -0.4 is 11.1 Å². The Kier molecular flexibility index (Phi) is 3.26. The maximum atomic E-state index is 5.60. The molecule has 1 atom stereocenters. The molecule has 2 heteroatoms. The Labute approximate surface area is 73.8 Å². The van der Waals surface area contributed by atoms with Crippen molar-refractivity contribution >= 4 is 0 Å². The number of likely N-dealkylation sites (N-methyl/N-ethyl adjacent to an activating group) is 1. The summed E-state index contributed by atoms with van der Waals surface area (Å²) in [4.78, 5) is 0. The molecule has 0 amide bonds. The van der Waals surface area contributed by atoms with Gasteiger partial charge in [0.2, 0.25) is 0 Å². The Morgan fingerprint density at radius 1 is 1.50 bits per heavy atom. The van der Waals surface area contributed by atoms with Gasteiger partial charge >= 0.3 is 0 Å². The van der Waals surface area contributed by atoms with E-state index in [0.717, 1.165) is 0 Å². The summed E-state index contributed by atoms with van der Waals surface area (Å²) in [6.45, 7) is 2.73. The standard InChI is InChI=1S/C10H16N2/c1-8-4-3-5-9(6-8)10(7-11)12-2/h3-6,10,12H,7,11H2,1-2H3/t10-/m1/s1. The van der Waals surface area contributed by atoms with Crippen LogP contribution in [-0.4, -0.2) is 13.6 Å². The lowest BCUT2D eigenvalue weighted by molar-refractivity contribution is 0.605. The van der Waals surface area contributed by atoms with E-state index in [2.05, 4.69) is 36.5 Å². The molecule has 2 nitrogen and oxygen atoms in total. The molecule has 0 fully saturated rings. The first kappa shape index (κ1) is 9.23. The molecule has 0 spiro atoms. The van der Waals surface area contributed by atoms with E-state index >= 15 is 0 Å². The highest BCUT2D eigenvalue weighted by Crippen LogP contribution is 2.12. The molecule has 0 aromatic heterocycles. The Bertz CT molecular complexity index is 241. The number of rotatable bonds is 3. The first-order chi connectivity index (χ1) is 5.77. The second-order valence-corrected chi connectivity index (χ2v) is 2.99. The van der Waals surface area contributed by atoms with Gasteiger partial charge < -0.3 is 11.1 Å². The summed E-state index contributed by atoms with van der Waals surface area (Å²) in [7, 11) is 1.93. The van der Waals surface area contributed by atoms with Crippen molar-refractivity contribution in [2.24, 2.45) is 5.73 Å². The van der Waals surface area contributed by atoms with Crippen molar-refractivity contribution in [3.8, 4) is 0 Å². The van der Waals surface area contributed by atoms with Gasteiger partial charge in [-0.15, -0.1) is 0 Å². The average molecular weight is 164 g/mol. The van der Waals surface area contributed by atoms with Crippen LogP contribution >= 0.6 is 0 Å². The fourth-order valence-corrected chi connectivity index (χ4v) is 1.31. The molecular formula is C10H16N2. The summed E-state index contributed by atoms with van der Waals surface area (Å²) in [6, 6.07) is 8.69. The molecule has 0 radical (unpaired) electrons. The molecule has 0 saturated carbocycles. The summed E-state index contributed by atoms with van der Waals surface area (Å²) in [5, 5.41) is 3.17. The lowest BCUT2D eigenvalue weighted by Gasteiger charge is -2.14. The third-order valence-electron chi connectivity index (χ3n) is 2.03. The van der Waals surface area contributed by atoms with Crippen LogP contribution in [0, 0.1) is 6.92 Å². The van der Waals surface area contributed by atoms with Gasteiger partial charge in [-0.1, -0.05) is 29.8 Å². The van der Waals surface area contributed by atoms with Gasteiger partial charge in [0.1, 0.15) is 0 Å². The lowest BCUT2D eigenvalue weighted by Crippen LogP contribution is -2.24. The third-order valence-corrected chi connectivity index (χ3v) is 2.03. The van der Waals surface area contributed by atoms with E-state index in [1.54, 1.807) is 0 Å². The van der Waals surface area contributed by atoms with E-state index < -0.39 is 0 Å². The molecule has 3 N–H and O–H groups in total. The number of nitrogens with two attached hydrogens (primary N) is 1. The Hall–Kier alpha value is -0.860. The summed E-state index contributed by atoms with van der Waals surface area (Å²) in [5.74, 6) is 0. The highest BCUT2D eigenvalue weighted by Gasteiger charge is 2.05. The summed E-state index contributed by atoms with van der Waals surface area (Å²) < 4.78 is 0. The molecule has 1 rings (SSSR count). The van der Waals surface area contributed by atoms with E-state index in [1.807, 2.05) is 7.05 Å². The molecule has 0 aliphatic heterocycles. The van der Waals surface area contributed by atoms with Crippen LogP contribution in [0.5, 0.6) is 0 Å². The largest absolute Gasteiger partial charge is 0.329 e. The molecule has 0 saturated heterocycles. The molecule has 1 aromatic carbocycles. The fourth-order valence-electron chi connectivity index (χ4n) is 1.31. The molecular weight excluding hydrogens is 148 g/mol. The van der Waals surface area contributed by atoms with Crippen molar-refractivity contribution in [1.29, 1.82) is 0 Å². The molecule has 0 bridgehead atoms. The molecule has 0 unspecified atom stereocenters. The molecule has 0 aliphatic rings. The molecule has 12 heavy (non-hydrogen) atoms. The predicted molar refractivity (Wildman–Crippen MR) is 52.0 cm³/mol. The van der Waals surface area contributed by atoms with Crippen LogP contribution in [-0.2, 0) is 0 Å². The van der Waals surface area contributed by atoms with Crippen LogP contribution in [0.4, 0.5) is 0 Å². The minimum atomic E-state index is 0.282. The number of aryl methyl sites for hydroxylation is 1. The maximum absolute atomic E-state index is 5.60. The van der Waals surface area contributed by atoms with Gasteiger partial charge in [-0.3, -0.25) is 0 Å². The minimum absolute atomic E-state index is 0.282. The first-order valence-electron chi connectivity index (χ1n) is 4.22. The van der Waals surface area contributed by atoms with Crippen LogP contribution in [0.2, 0.25) is 0 Å². The topological polar surface area (TPSA) is 38.0 Å². The van der Waals surface area contributed by atoms with Crippen LogP contribution in [0.25, 0.3) is 0 Å². The monoisotopic (exact) mass is 164 g/mol. The van der Waals surface area contributed by atoms with Crippen LogP contribution in [0.15, 0.2) is 24.3 Å². The normalized spacial score (nSPS) is 12.9. The van der Waals surface area contributed by atoms with Crippen molar-refractivity contribution in [3.63, 3.8) is 0 Å². The van der Waals surface area contributed by atoms with Gasteiger partial charge in [-0.25, -0.2) is 0 Å². The molecule has 0 aliphatic carbocycles. The van der Waals surface area contributed by atoms with E-state index in [9.17, 15) is 0 Å². The summed E-state index contributed by atoms with van der Waals surface area (Å²) >= 11 is 0. The quantitative estimate of drug-likeness (QED) is 0.704.